The van der Waals surface area contributed by atoms with Gasteiger partial charge in [-0.15, -0.1) is 0 Å². The molecule has 3 rings (SSSR count). The van der Waals surface area contributed by atoms with E-state index in [1.54, 1.807) is 0 Å². The topological polar surface area (TPSA) is 36.0 Å². The molecule has 0 aromatic heterocycles. The van der Waals surface area contributed by atoms with Gasteiger partial charge in [0.25, 0.3) is 0 Å². The number of benzene rings is 1. The molecule has 5 nitrogen and oxygen atoms in total. The maximum atomic E-state index is 11.8. The molecule has 2 saturated heterocycles. The molecule has 24 heavy (non-hydrogen) atoms. The van der Waals surface area contributed by atoms with Crippen LogP contribution in [0.5, 0.6) is 0 Å². The van der Waals surface area contributed by atoms with Crippen LogP contribution < -0.4 is 0 Å². The smallest absolute Gasteiger partial charge is 0.409 e. The first-order valence-electron chi connectivity index (χ1n) is 9.18. The van der Waals surface area contributed by atoms with Crippen LogP contribution in [0.15, 0.2) is 30.3 Å². The highest BCUT2D eigenvalue weighted by Crippen LogP contribution is 2.19. The van der Waals surface area contributed by atoms with Crippen molar-refractivity contribution in [3.05, 3.63) is 35.9 Å². The first kappa shape index (κ1) is 17.2. The fourth-order valence-corrected chi connectivity index (χ4v) is 3.76. The maximum Gasteiger partial charge on any atom is 0.409 e. The zero-order valence-electron chi connectivity index (χ0n) is 14.7. The lowest BCUT2D eigenvalue weighted by Crippen LogP contribution is -2.53. The Labute approximate surface area is 145 Å². The van der Waals surface area contributed by atoms with Crippen molar-refractivity contribution in [2.45, 2.75) is 32.4 Å². The van der Waals surface area contributed by atoms with Gasteiger partial charge in [0.05, 0.1) is 6.61 Å². The van der Waals surface area contributed by atoms with E-state index >= 15 is 0 Å². The summed E-state index contributed by atoms with van der Waals surface area (Å²) in [6.45, 7) is 9.56. The van der Waals surface area contributed by atoms with E-state index < -0.39 is 0 Å². The van der Waals surface area contributed by atoms with E-state index in [2.05, 4.69) is 40.1 Å². The fourth-order valence-electron chi connectivity index (χ4n) is 3.76. The van der Waals surface area contributed by atoms with E-state index in [9.17, 15) is 4.79 Å². The lowest BCUT2D eigenvalue weighted by molar-refractivity contribution is 0.0488. The second kappa shape index (κ2) is 8.49. The monoisotopic (exact) mass is 331 g/mol. The average molecular weight is 331 g/mol. The zero-order chi connectivity index (χ0) is 16.8. The van der Waals surface area contributed by atoms with Crippen LogP contribution in [0.2, 0.25) is 0 Å². The largest absolute Gasteiger partial charge is 0.450 e. The number of likely N-dealkylation sites (tertiary alicyclic amines) is 1. The maximum absolute atomic E-state index is 11.8. The SMILES string of the molecule is CCOC(=O)N1CCC(N2CCN(Cc3ccccc3)CC2)CC1. The molecule has 0 N–H and O–H groups in total. The molecule has 2 fully saturated rings. The third kappa shape index (κ3) is 4.48. The molecule has 1 aromatic carbocycles. The number of hydrogen-bond donors (Lipinski definition) is 0. The highest BCUT2D eigenvalue weighted by molar-refractivity contribution is 5.67. The molecule has 0 radical (unpaired) electrons. The zero-order valence-corrected chi connectivity index (χ0v) is 14.7. The predicted octanol–water partition coefficient (Wildman–Crippen LogP) is 2.43. The quantitative estimate of drug-likeness (QED) is 0.849. The molecule has 2 aliphatic rings. The second-order valence-corrected chi connectivity index (χ2v) is 6.71. The van der Waals surface area contributed by atoms with Crippen molar-refractivity contribution in [3.63, 3.8) is 0 Å². The van der Waals surface area contributed by atoms with Crippen LogP contribution in [0.1, 0.15) is 25.3 Å². The number of nitrogens with zero attached hydrogens (tertiary/aromatic N) is 3. The number of hydrogen-bond acceptors (Lipinski definition) is 4. The van der Waals surface area contributed by atoms with Crippen molar-refractivity contribution in [1.29, 1.82) is 0 Å². The third-order valence-electron chi connectivity index (χ3n) is 5.16. The van der Waals surface area contributed by atoms with Crippen LogP contribution in [-0.4, -0.2) is 72.7 Å². The lowest BCUT2D eigenvalue weighted by atomic mass is 10.0. The number of piperazine rings is 1. The molecule has 2 aliphatic heterocycles. The summed E-state index contributed by atoms with van der Waals surface area (Å²) in [4.78, 5) is 18.8. The highest BCUT2D eigenvalue weighted by atomic mass is 16.6. The molecule has 0 bridgehead atoms. The number of piperidine rings is 1. The number of ether oxygens (including phenoxy) is 1. The van der Waals surface area contributed by atoms with Crippen molar-refractivity contribution >= 4 is 6.09 Å². The minimum Gasteiger partial charge on any atom is -0.450 e. The van der Waals surface area contributed by atoms with Crippen LogP contribution in [0.3, 0.4) is 0 Å². The minimum atomic E-state index is -0.149. The van der Waals surface area contributed by atoms with Gasteiger partial charge in [0.1, 0.15) is 0 Å². The second-order valence-electron chi connectivity index (χ2n) is 6.71. The number of amides is 1. The van der Waals surface area contributed by atoms with Gasteiger partial charge in [0, 0.05) is 51.9 Å². The van der Waals surface area contributed by atoms with Gasteiger partial charge >= 0.3 is 6.09 Å². The molecule has 0 aliphatic carbocycles. The standard InChI is InChI=1S/C19H29N3O2/c1-2-24-19(23)22-10-8-18(9-11-22)21-14-12-20(13-15-21)16-17-6-4-3-5-7-17/h3-7,18H,2,8-16H2,1H3. The van der Waals surface area contributed by atoms with E-state index in [1.165, 1.54) is 5.56 Å². The van der Waals surface area contributed by atoms with Gasteiger partial charge in [-0.25, -0.2) is 4.79 Å². The van der Waals surface area contributed by atoms with Crippen LogP contribution in [0.4, 0.5) is 4.79 Å². The van der Waals surface area contributed by atoms with Gasteiger partial charge in [0.15, 0.2) is 0 Å². The Balaban J connectivity index is 1.40. The summed E-state index contributed by atoms with van der Waals surface area (Å²) in [7, 11) is 0. The molecule has 0 saturated carbocycles. The normalized spacial score (nSPS) is 21.0. The predicted molar refractivity (Wildman–Crippen MR) is 94.9 cm³/mol. The Morgan fingerprint density at radius 1 is 1.04 bits per heavy atom. The van der Waals surface area contributed by atoms with Gasteiger partial charge in [0.2, 0.25) is 0 Å². The third-order valence-corrected chi connectivity index (χ3v) is 5.16. The summed E-state index contributed by atoms with van der Waals surface area (Å²) in [6, 6.07) is 11.3. The number of carbonyl (C=O) groups excluding carboxylic acids is 1. The Morgan fingerprint density at radius 2 is 1.71 bits per heavy atom. The minimum absolute atomic E-state index is 0.149. The molecule has 5 heteroatoms. The summed E-state index contributed by atoms with van der Waals surface area (Å²) in [5, 5.41) is 0. The van der Waals surface area contributed by atoms with E-state index in [-0.39, 0.29) is 6.09 Å². The van der Waals surface area contributed by atoms with E-state index in [1.807, 2.05) is 11.8 Å². The Bertz CT molecular complexity index is 507. The van der Waals surface area contributed by atoms with Crippen LogP contribution >= 0.6 is 0 Å². The summed E-state index contributed by atoms with van der Waals surface area (Å²) in [5.74, 6) is 0. The van der Waals surface area contributed by atoms with Crippen LogP contribution in [0.25, 0.3) is 0 Å². The van der Waals surface area contributed by atoms with Crippen molar-refractivity contribution in [2.75, 3.05) is 45.9 Å². The van der Waals surface area contributed by atoms with Crippen molar-refractivity contribution in [1.82, 2.24) is 14.7 Å². The molecule has 1 aromatic rings. The molecule has 132 valence electrons. The molecular formula is C19H29N3O2. The van der Waals surface area contributed by atoms with Crippen LogP contribution in [0, 0.1) is 0 Å². The molecule has 2 heterocycles. The molecule has 1 amide bonds. The van der Waals surface area contributed by atoms with Gasteiger partial charge in [-0.3, -0.25) is 9.80 Å². The fraction of sp³-hybridized carbons (Fsp3) is 0.632. The molecule has 0 atom stereocenters. The van der Waals surface area contributed by atoms with Crippen LogP contribution in [-0.2, 0) is 11.3 Å². The molecular weight excluding hydrogens is 302 g/mol. The van der Waals surface area contributed by atoms with Crippen molar-refractivity contribution in [3.8, 4) is 0 Å². The van der Waals surface area contributed by atoms with Gasteiger partial charge in [-0.05, 0) is 25.3 Å². The van der Waals surface area contributed by atoms with Gasteiger partial charge < -0.3 is 9.64 Å². The van der Waals surface area contributed by atoms with E-state index in [0.29, 0.717) is 12.6 Å². The Hall–Kier alpha value is -1.59. The Morgan fingerprint density at radius 3 is 2.33 bits per heavy atom. The molecule has 0 unspecified atom stereocenters. The number of carbonyl (C=O) groups is 1. The lowest BCUT2D eigenvalue weighted by Gasteiger charge is -2.42. The summed E-state index contributed by atoms with van der Waals surface area (Å²) < 4.78 is 5.10. The average Bonchev–Trinajstić information content (AvgIpc) is 2.64. The number of rotatable bonds is 4. The van der Waals surface area contributed by atoms with Crippen molar-refractivity contribution < 1.29 is 9.53 Å². The van der Waals surface area contributed by atoms with Crippen molar-refractivity contribution in [2.24, 2.45) is 0 Å². The summed E-state index contributed by atoms with van der Waals surface area (Å²) >= 11 is 0. The summed E-state index contributed by atoms with van der Waals surface area (Å²) in [5.41, 5.74) is 1.40. The van der Waals surface area contributed by atoms with Gasteiger partial charge in [-0.1, -0.05) is 30.3 Å². The van der Waals surface area contributed by atoms with E-state index in [4.69, 9.17) is 4.74 Å². The van der Waals surface area contributed by atoms with E-state index in [0.717, 1.165) is 58.7 Å². The Kier molecular flexibility index (Phi) is 6.10. The van der Waals surface area contributed by atoms with Gasteiger partial charge in [-0.2, -0.15) is 0 Å². The molecule has 0 spiro atoms. The first-order valence-corrected chi connectivity index (χ1v) is 9.18. The first-order chi connectivity index (χ1) is 11.8. The summed E-state index contributed by atoms with van der Waals surface area (Å²) in [6.07, 6.45) is 1.98. The highest BCUT2D eigenvalue weighted by Gasteiger charge is 2.29.